The molecule has 0 bridgehead atoms. The van der Waals surface area contributed by atoms with Crippen LogP contribution in [-0.2, 0) is 4.79 Å². The number of hydrogen-bond donors (Lipinski definition) is 4. The molecule has 6 nitrogen and oxygen atoms in total. The molecule has 98 valence electrons. The minimum Gasteiger partial charge on any atom is -0.479 e. The molecule has 0 radical (unpaired) electrons. The highest BCUT2D eigenvalue weighted by Crippen LogP contribution is 2.22. The molecule has 1 aromatic carbocycles. The van der Waals surface area contributed by atoms with E-state index >= 15 is 0 Å². The highest BCUT2D eigenvalue weighted by atomic mass is 79.9. The zero-order valence-corrected chi connectivity index (χ0v) is 10.6. The molecule has 18 heavy (non-hydrogen) atoms. The third-order valence-corrected chi connectivity index (χ3v) is 2.61. The van der Waals surface area contributed by atoms with Crippen LogP contribution in [0.1, 0.15) is 0 Å². The van der Waals surface area contributed by atoms with E-state index in [0.717, 1.165) is 6.07 Å². The number of anilines is 1. The number of carboxylic acids is 1. The lowest BCUT2D eigenvalue weighted by molar-refractivity contribution is -0.146. The molecular weight excluding hydrogens is 311 g/mol. The Bertz CT molecular complexity index is 469. The van der Waals surface area contributed by atoms with Crippen molar-refractivity contribution >= 4 is 33.6 Å². The molecule has 1 unspecified atom stereocenters. The smallest absolute Gasteiger partial charge is 0.334 e. The van der Waals surface area contributed by atoms with Crippen LogP contribution in [0.15, 0.2) is 22.7 Å². The summed E-state index contributed by atoms with van der Waals surface area (Å²) in [5.74, 6) is -1.97. The van der Waals surface area contributed by atoms with Crippen molar-refractivity contribution in [3.63, 3.8) is 0 Å². The fourth-order valence-corrected chi connectivity index (χ4v) is 1.38. The van der Waals surface area contributed by atoms with Gasteiger partial charge in [0.25, 0.3) is 0 Å². The molecule has 0 spiro atoms. The van der Waals surface area contributed by atoms with Gasteiger partial charge in [0.1, 0.15) is 5.82 Å². The number of halogens is 2. The number of carboxylic acid groups (broad SMARTS) is 1. The first-order chi connectivity index (χ1) is 8.40. The lowest BCUT2D eigenvalue weighted by Gasteiger charge is -2.10. The Balaban J connectivity index is 2.54. The Kier molecular flexibility index (Phi) is 5.05. The largest absolute Gasteiger partial charge is 0.479 e. The summed E-state index contributed by atoms with van der Waals surface area (Å²) in [6.07, 6.45) is -1.69. The molecular formula is C10H10BrFN2O4. The molecule has 1 atom stereocenters. The minimum absolute atomic E-state index is 0.192. The Hall–Kier alpha value is -1.67. The van der Waals surface area contributed by atoms with Crippen LogP contribution in [0.5, 0.6) is 0 Å². The summed E-state index contributed by atoms with van der Waals surface area (Å²) in [4.78, 5) is 21.6. The zero-order chi connectivity index (χ0) is 13.7. The van der Waals surface area contributed by atoms with Crippen LogP contribution < -0.4 is 10.6 Å². The molecule has 8 heteroatoms. The lowest BCUT2D eigenvalue weighted by atomic mass is 10.3. The van der Waals surface area contributed by atoms with Crippen molar-refractivity contribution in [3.8, 4) is 0 Å². The van der Waals surface area contributed by atoms with E-state index < -0.39 is 30.5 Å². The van der Waals surface area contributed by atoms with Crippen molar-refractivity contribution in [3.05, 3.63) is 28.5 Å². The van der Waals surface area contributed by atoms with Crippen LogP contribution in [0.4, 0.5) is 14.9 Å². The Morgan fingerprint density at radius 3 is 2.72 bits per heavy atom. The molecule has 4 N–H and O–H groups in total. The van der Waals surface area contributed by atoms with Crippen molar-refractivity contribution in [1.82, 2.24) is 5.32 Å². The van der Waals surface area contributed by atoms with E-state index in [9.17, 15) is 14.0 Å². The highest BCUT2D eigenvalue weighted by molar-refractivity contribution is 9.10. The van der Waals surface area contributed by atoms with Gasteiger partial charge >= 0.3 is 12.0 Å². The van der Waals surface area contributed by atoms with Gasteiger partial charge in [0, 0.05) is 4.47 Å². The van der Waals surface area contributed by atoms with Crippen molar-refractivity contribution in [1.29, 1.82) is 0 Å². The average Bonchev–Trinajstić information content (AvgIpc) is 2.30. The van der Waals surface area contributed by atoms with Crippen molar-refractivity contribution in [2.75, 3.05) is 11.9 Å². The van der Waals surface area contributed by atoms with Gasteiger partial charge in [0.05, 0.1) is 12.2 Å². The van der Waals surface area contributed by atoms with E-state index in [-0.39, 0.29) is 5.69 Å². The number of benzene rings is 1. The number of aliphatic hydroxyl groups is 1. The maximum atomic E-state index is 12.9. The minimum atomic E-state index is -1.69. The molecule has 0 aromatic heterocycles. The second kappa shape index (κ2) is 6.31. The summed E-state index contributed by atoms with van der Waals surface area (Å²) in [7, 11) is 0. The fourth-order valence-electron chi connectivity index (χ4n) is 1.04. The van der Waals surface area contributed by atoms with Gasteiger partial charge in [0.15, 0.2) is 6.10 Å². The molecule has 0 saturated heterocycles. The summed E-state index contributed by atoms with van der Waals surface area (Å²) >= 11 is 3.11. The van der Waals surface area contributed by atoms with Gasteiger partial charge < -0.3 is 20.8 Å². The standard InChI is InChI=1S/C10H10BrFN2O4/c11-6-2-1-5(12)3-7(6)14-10(18)13-4-8(15)9(16)17/h1-3,8,15H,4H2,(H,16,17)(H2,13,14,18). The van der Waals surface area contributed by atoms with Crippen LogP contribution in [-0.4, -0.2) is 34.9 Å². The van der Waals surface area contributed by atoms with Gasteiger partial charge in [-0.2, -0.15) is 0 Å². The van der Waals surface area contributed by atoms with Gasteiger partial charge in [0.2, 0.25) is 0 Å². The van der Waals surface area contributed by atoms with E-state index in [0.29, 0.717) is 4.47 Å². The summed E-state index contributed by atoms with van der Waals surface area (Å²) in [6.45, 7) is -0.450. The van der Waals surface area contributed by atoms with Crippen LogP contribution in [0.25, 0.3) is 0 Å². The molecule has 0 aliphatic rings. The van der Waals surface area contributed by atoms with Gasteiger partial charge in [-0.05, 0) is 34.1 Å². The number of carbonyl (C=O) groups excluding carboxylic acids is 1. The van der Waals surface area contributed by atoms with Gasteiger partial charge in [-0.25, -0.2) is 14.0 Å². The number of aliphatic carboxylic acids is 1. The molecule has 1 rings (SSSR count). The van der Waals surface area contributed by atoms with E-state index in [1.807, 2.05) is 0 Å². The maximum Gasteiger partial charge on any atom is 0.334 e. The van der Waals surface area contributed by atoms with Gasteiger partial charge in [-0.3, -0.25) is 0 Å². The van der Waals surface area contributed by atoms with Crippen molar-refractivity contribution in [2.24, 2.45) is 0 Å². The molecule has 2 amide bonds. The SMILES string of the molecule is O=C(NCC(O)C(=O)O)Nc1cc(F)ccc1Br. The molecule has 0 aliphatic carbocycles. The predicted molar refractivity (Wildman–Crippen MR) is 64.8 cm³/mol. The van der Waals surface area contributed by atoms with Crippen molar-refractivity contribution in [2.45, 2.75) is 6.10 Å². The average molecular weight is 321 g/mol. The van der Waals surface area contributed by atoms with Crippen LogP contribution in [0.2, 0.25) is 0 Å². The highest BCUT2D eigenvalue weighted by Gasteiger charge is 2.14. The third-order valence-electron chi connectivity index (χ3n) is 1.92. The van der Waals surface area contributed by atoms with E-state index in [1.54, 1.807) is 0 Å². The number of urea groups is 1. The number of hydrogen-bond acceptors (Lipinski definition) is 3. The van der Waals surface area contributed by atoms with Crippen LogP contribution in [0.3, 0.4) is 0 Å². The van der Waals surface area contributed by atoms with Crippen LogP contribution >= 0.6 is 15.9 Å². The van der Waals surface area contributed by atoms with Crippen LogP contribution in [0, 0.1) is 5.82 Å². The van der Waals surface area contributed by atoms with E-state index in [1.165, 1.54) is 12.1 Å². The third kappa shape index (κ3) is 4.30. The maximum absolute atomic E-state index is 12.9. The normalized spacial score (nSPS) is 11.7. The Labute approximate surface area is 110 Å². The van der Waals surface area contributed by atoms with E-state index in [2.05, 4.69) is 26.6 Å². The topological polar surface area (TPSA) is 98.7 Å². The number of rotatable bonds is 4. The first-order valence-electron chi connectivity index (χ1n) is 4.81. The predicted octanol–water partition coefficient (Wildman–Crippen LogP) is 1.16. The number of carbonyl (C=O) groups is 2. The van der Waals surface area contributed by atoms with Crippen molar-refractivity contribution < 1.29 is 24.2 Å². The van der Waals surface area contributed by atoms with Gasteiger partial charge in [-0.1, -0.05) is 0 Å². The quantitative estimate of drug-likeness (QED) is 0.669. The Morgan fingerprint density at radius 2 is 2.11 bits per heavy atom. The molecule has 0 heterocycles. The summed E-state index contributed by atoms with van der Waals surface area (Å²) < 4.78 is 13.4. The lowest BCUT2D eigenvalue weighted by Crippen LogP contribution is -2.38. The summed E-state index contributed by atoms with van der Waals surface area (Å²) in [6, 6.07) is 2.97. The summed E-state index contributed by atoms with van der Waals surface area (Å²) in [5.41, 5.74) is 0.192. The summed E-state index contributed by atoms with van der Waals surface area (Å²) in [5, 5.41) is 21.8. The second-order valence-corrected chi connectivity index (χ2v) is 4.17. The second-order valence-electron chi connectivity index (χ2n) is 3.31. The number of aliphatic hydroxyl groups excluding tert-OH is 1. The number of nitrogens with one attached hydrogen (secondary N) is 2. The Morgan fingerprint density at radius 1 is 1.44 bits per heavy atom. The molecule has 0 aliphatic heterocycles. The molecule has 0 fully saturated rings. The first-order valence-corrected chi connectivity index (χ1v) is 5.60. The number of amides is 2. The first kappa shape index (κ1) is 14.4. The zero-order valence-electron chi connectivity index (χ0n) is 8.98. The molecule has 0 saturated carbocycles. The monoisotopic (exact) mass is 320 g/mol. The van der Waals surface area contributed by atoms with Gasteiger partial charge in [-0.15, -0.1) is 0 Å². The fraction of sp³-hybridized carbons (Fsp3) is 0.200. The van der Waals surface area contributed by atoms with E-state index in [4.69, 9.17) is 10.2 Å². The molecule has 1 aromatic rings.